The Balaban J connectivity index is 1.20. The second-order valence-electron chi connectivity index (χ2n) is 7.90. The topological polar surface area (TPSA) is 93.0 Å². The van der Waals surface area contributed by atoms with E-state index in [2.05, 4.69) is 20.5 Å². The Bertz CT molecular complexity index is 924. The van der Waals surface area contributed by atoms with Crippen LogP contribution in [-0.4, -0.2) is 49.8 Å². The second kappa shape index (κ2) is 6.85. The summed E-state index contributed by atoms with van der Waals surface area (Å²) in [6, 6.07) is 2.35. The lowest BCUT2D eigenvalue weighted by Crippen LogP contribution is -2.28. The summed E-state index contributed by atoms with van der Waals surface area (Å²) in [7, 11) is 0. The van der Waals surface area contributed by atoms with Crippen LogP contribution >= 0.6 is 0 Å². The van der Waals surface area contributed by atoms with Crippen LogP contribution in [0.4, 0.5) is 5.82 Å². The van der Waals surface area contributed by atoms with Crippen molar-refractivity contribution >= 4 is 23.7 Å². The van der Waals surface area contributed by atoms with E-state index < -0.39 is 0 Å². The first kappa shape index (κ1) is 17.1. The summed E-state index contributed by atoms with van der Waals surface area (Å²) in [6.45, 7) is 1.61. The van der Waals surface area contributed by atoms with Crippen molar-refractivity contribution in [2.75, 3.05) is 18.4 Å². The Morgan fingerprint density at radius 1 is 1.14 bits per heavy atom. The summed E-state index contributed by atoms with van der Waals surface area (Å²) in [5, 5.41) is 11.3. The van der Waals surface area contributed by atoms with Crippen molar-refractivity contribution in [2.45, 2.75) is 31.7 Å². The molecule has 28 heavy (non-hydrogen) atoms. The minimum absolute atomic E-state index is 0.00336. The van der Waals surface area contributed by atoms with E-state index in [1.165, 1.54) is 0 Å². The molecule has 3 atom stereocenters. The normalized spacial score (nSPS) is 26.4. The van der Waals surface area contributed by atoms with Gasteiger partial charge in [0, 0.05) is 31.8 Å². The number of carbonyl (C=O) groups is 2. The first-order valence-corrected chi connectivity index (χ1v) is 9.77. The van der Waals surface area contributed by atoms with Gasteiger partial charge in [-0.1, -0.05) is 0 Å². The highest BCUT2D eigenvalue weighted by Gasteiger charge is 2.43. The van der Waals surface area contributed by atoms with Gasteiger partial charge in [-0.2, -0.15) is 15.0 Å². The van der Waals surface area contributed by atoms with Crippen molar-refractivity contribution < 1.29 is 9.59 Å². The Morgan fingerprint density at radius 2 is 1.89 bits per heavy atom. The number of aromatic nitrogens is 4. The molecule has 1 saturated carbocycles. The molecule has 5 rings (SSSR count). The maximum Gasteiger partial charge on any atom is 0.246 e. The Labute approximate surface area is 162 Å². The molecule has 4 heterocycles. The molecule has 8 nitrogen and oxygen atoms in total. The molecule has 1 N–H and O–H groups in total. The van der Waals surface area contributed by atoms with E-state index in [1.807, 2.05) is 21.8 Å². The van der Waals surface area contributed by atoms with E-state index in [0.29, 0.717) is 36.5 Å². The fourth-order valence-electron chi connectivity index (χ4n) is 4.69. The van der Waals surface area contributed by atoms with Crippen LogP contribution in [0.5, 0.6) is 0 Å². The highest BCUT2D eigenvalue weighted by molar-refractivity contribution is 5.94. The number of fused-ring (bicyclic) bond motifs is 2. The van der Waals surface area contributed by atoms with Crippen LogP contribution in [0.15, 0.2) is 30.7 Å². The average Bonchev–Trinajstić information content (AvgIpc) is 3.41. The number of amides is 2. The number of aryl methyl sites for hydroxylation is 1. The number of hydrogen-bond donors (Lipinski definition) is 1. The summed E-state index contributed by atoms with van der Waals surface area (Å²) < 4.78 is 0. The Morgan fingerprint density at radius 3 is 2.64 bits per heavy atom. The van der Waals surface area contributed by atoms with Gasteiger partial charge in [0.05, 0.1) is 18.4 Å². The van der Waals surface area contributed by atoms with Gasteiger partial charge in [-0.05, 0) is 54.4 Å². The van der Waals surface area contributed by atoms with Gasteiger partial charge >= 0.3 is 0 Å². The van der Waals surface area contributed by atoms with E-state index in [0.717, 1.165) is 37.1 Å². The van der Waals surface area contributed by atoms with Crippen LogP contribution in [0.2, 0.25) is 0 Å². The average molecular weight is 378 g/mol. The minimum atomic E-state index is 0.00336. The minimum Gasteiger partial charge on any atom is -0.339 e. The predicted octanol–water partition coefficient (Wildman–Crippen LogP) is 1.68. The van der Waals surface area contributed by atoms with Crippen LogP contribution in [0, 0.1) is 11.8 Å². The van der Waals surface area contributed by atoms with Crippen LogP contribution in [-0.2, 0) is 16.0 Å². The molecule has 2 aromatic heterocycles. The third-order valence-electron chi connectivity index (χ3n) is 6.09. The van der Waals surface area contributed by atoms with Gasteiger partial charge in [0.2, 0.25) is 11.8 Å². The van der Waals surface area contributed by atoms with E-state index in [-0.39, 0.29) is 11.8 Å². The molecule has 2 amide bonds. The maximum atomic E-state index is 12.6. The van der Waals surface area contributed by atoms with Gasteiger partial charge in [0.15, 0.2) is 0 Å². The summed E-state index contributed by atoms with van der Waals surface area (Å²) in [6.07, 6.45) is 11.8. The van der Waals surface area contributed by atoms with Crippen LogP contribution in [0.1, 0.15) is 36.4 Å². The van der Waals surface area contributed by atoms with Crippen molar-refractivity contribution in [1.82, 2.24) is 24.9 Å². The summed E-state index contributed by atoms with van der Waals surface area (Å²) in [5.74, 6) is 1.75. The molecule has 2 aliphatic heterocycles. The summed E-state index contributed by atoms with van der Waals surface area (Å²) in [5.41, 5.74) is 1.90. The predicted molar refractivity (Wildman–Crippen MR) is 102 cm³/mol. The van der Waals surface area contributed by atoms with Gasteiger partial charge in [0.25, 0.3) is 0 Å². The number of likely N-dealkylation sites (tertiary alicyclic amines) is 1. The molecule has 1 aliphatic carbocycles. The van der Waals surface area contributed by atoms with E-state index in [9.17, 15) is 9.59 Å². The van der Waals surface area contributed by atoms with E-state index in [4.69, 9.17) is 0 Å². The van der Waals surface area contributed by atoms with Gasteiger partial charge in [-0.25, -0.2) is 4.98 Å². The molecular weight excluding hydrogens is 356 g/mol. The third kappa shape index (κ3) is 3.19. The highest BCUT2D eigenvalue weighted by Crippen LogP contribution is 2.43. The molecule has 1 saturated heterocycles. The number of anilines is 1. The van der Waals surface area contributed by atoms with Crippen molar-refractivity contribution in [1.29, 1.82) is 0 Å². The zero-order chi connectivity index (χ0) is 19.1. The maximum absolute atomic E-state index is 12.6. The van der Waals surface area contributed by atoms with E-state index in [1.54, 1.807) is 24.7 Å². The lowest BCUT2D eigenvalue weighted by atomic mass is 10.0. The van der Waals surface area contributed by atoms with Crippen molar-refractivity contribution in [2.24, 2.45) is 11.8 Å². The van der Waals surface area contributed by atoms with Crippen molar-refractivity contribution in [3.8, 4) is 0 Å². The monoisotopic (exact) mass is 378 g/mol. The number of rotatable bonds is 3. The molecule has 2 unspecified atom stereocenters. The first-order valence-electron chi connectivity index (χ1n) is 9.77. The zero-order valence-corrected chi connectivity index (χ0v) is 15.5. The summed E-state index contributed by atoms with van der Waals surface area (Å²) in [4.78, 5) is 32.1. The Hall–Kier alpha value is -3.03. The number of hydrogen-bond acceptors (Lipinski definition) is 5. The number of pyridine rings is 1. The van der Waals surface area contributed by atoms with Gasteiger partial charge in [0.1, 0.15) is 5.82 Å². The molecule has 3 aliphatic rings. The quantitative estimate of drug-likeness (QED) is 0.821. The molecule has 2 aromatic rings. The van der Waals surface area contributed by atoms with E-state index >= 15 is 0 Å². The molecule has 144 valence electrons. The van der Waals surface area contributed by atoms with Crippen LogP contribution < -0.4 is 5.32 Å². The van der Waals surface area contributed by atoms with Crippen LogP contribution in [0.25, 0.3) is 6.08 Å². The molecule has 0 radical (unpaired) electrons. The molecule has 0 aromatic carbocycles. The number of nitrogens with one attached hydrogen (secondary N) is 1. The standard InChI is InChI=1S/C20H22N6O2/c27-18-3-2-14-7-13(10-21-20(14)24-18)1-4-19(28)25-11-15-8-17(9-16(15)12-25)26-22-5-6-23-26/h1,4-7,10,15-17H,2-3,8-9,11-12H2,(H,21,24,27)/b4-1+/t15-,16?,17?/m0/s1. The van der Waals surface area contributed by atoms with Gasteiger partial charge in [-0.15, -0.1) is 0 Å². The SMILES string of the molecule is O=C1CCc2cc(/C=C/C(=O)N3CC4CC(n5nccn5)C[C@H]4C3)cnc2N1. The van der Waals surface area contributed by atoms with Crippen LogP contribution in [0.3, 0.4) is 0 Å². The third-order valence-corrected chi connectivity index (χ3v) is 6.09. The van der Waals surface area contributed by atoms with Gasteiger partial charge in [-0.3, -0.25) is 9.59 Å². The lowest BCUT2D eigenvalue weighted by Gasteiger charge is -2.17. The number of nitrogens with zero attached hydrogens (tertiary/aromatic N) is 5. The lowest BCUT2D eigenvalue weighted by molar-refractivity contribution is -0.125. The largest absolute Gasteiger partial charge is 0.339 e. The summed E-state index contributed by atoms with van der Waals surface area (Å²) >= 11 is 0. The molecule has 0 bridgehead atoms. The van der Waals surface area contributed by atoms with Crippen molar-refractivity contribution in [3.05, 3.63) is 41.9 Å². The Kier molecular flexibility index (Phi) is 4.18. The number of carbonyl (C=O) groups excluding carboxylic acids is 2. The first-order chi connectivity index (χ1) is 13.7. The van der Waals surface area contributed by atoms with Crippen molar-refractivity contribution in [3.63, 3.8) is 0 Å². The molecule has 0 spiro atoms. The van der Waals surface area contributed by atoms with Gasteiger partial charge < -0.3 is 10.2 Å². The zero-order valence-electron chi connectivity index (χ0n) is 15.5. The fourth-order valence-corrected chi connectivity index (χ4v) is 4.69. The smallest absolute Gasteiger partial charge is 0.246 e. The molecule has 2 fully saturated rings. The second-order valence-corrected chi connectivity index (χ2v) is 7.90. The molecular formula is C20H22N6O2. The molecule has 8 heteroatoms. The fraction of sp³-hybridized carbons (Fsp3) is 0.450. The highest BCUT2D eigenvalue weighted by atomic mass is 16.2.